The summed E-state index contributed by atoms with van der Waals surface area (Å²) in [5.74, 6) is 1.03. The monoisotopic (exact) mass is 237 g/mol. The van der Waals surface area contributed by atoms with Crippen molar-refractivity contribution in [3.05, 3.63) is 0 Å². The van der Waals surface area contributed by atoms with E-state index in [9.17, 15) is 5.26 Å². The molecular formula is C13H23N3O. The lowest BCUT2D eigenvalue weighted by Crippen LogP contribution is -2.53. The van der Waals surface area contributed by atoms with Crippen LogP contribution in [0, 0.1) is 23.2 Å². The first kappa shape index (κ1) is 12.8. The van der Waals surface area contributed by atoms with Gasteiger partial charge in [-0.3, -0.25) is 0 Å². The topological polar surface area (TPSA) is 62.3 Å². The van der Waals surface area contributed by atoms with E-state index >= 15 is 0 Å². The van der Waals surface area contributed by atoms with Crippen molar-refractivity contribution in [1.29, 1.82) is 5.26 Å². The van der Waals surface area contributed by atoms with Crippen LogP contribution in [-0.4, -0.2) is 43.8 Å². The maximum atomic E-state index is 9.27. The summed E-state index contributed by atoms with van der Waals surface area (Å²) < 4.78 is 5.22. The molecule has 4 heteroatoms. The van der Waals surface area contributed by atoms with Gasteiger partial charge in [0.25, 0.3) is 0 Å². The van der Waals surface area contributed by atoms with E-state index in [2.05, 4.69) is 11.0 Å². The van der Waals surface area contributed by atoms with E-state index < -0.39 is 5.54 Å². The highest BCUT2D eigenvalue weighted by Gasteiger charge is 2.44. The van der Waals surface area contributed by atoms with Gasteiger partial charge in [0.1, 0.15) is 5.54 Å². The quantitative estimate of drug-likeness (QED) is 0.774. The number of likely N-dealkylation sites (tertiary alicyclic amines) is 1. The van der Waals surface area contributed by atoms with Gasteiger partial charge in [0.2, 0.25) is 0 Å². The molecule has 0 aromatic rings. The number of piperidine rings is 1. The van der Waals surface area contributed by atoms with Crippen molar-refractivity contribution >= 4 is 0 Å². The molecule has 96 valence electrons. The summed E-state index contributed by atoms with van der Waals surface area (Å²) in [6, 6.07) is 2.34. The molecule has 2 rings (SSSR count). The Bertz CT molecular complexity index is 296. The highest BCUT2D eigenvalue weighted by molar-refractivity contribution is 5.14. The van der Waals surface area contributed by atoms with E-state index in [0.29, 0.717) is 11.8 Å². The van der Waals surface area contributed by atoms with Crippen LogP contribution >= 0.6 is 0 Å². The van der Waals surface area contributed by atoms with Gasteiger partial charge in [-0.15, -0.1) is 0 Å². The molecule has 0 aromatic heterocycles. The van der Waals surface area contributed by atoms with Crippen LogP contribution in [0.1, 0.15) is 25.7 Å². The van der Waals surface area contributed by atoms with Crippen molar-refractivity contribution in [1.82, 2.24) is 4.90 Å². The van der Waals surface area contributed by atoms with Gasteiger partial charge in [-0.25, -0.2) is 0 Å². The number of nitrogens with two attached hydrogens (primary N) is 1. The average molecular weight is 237 g/mol. The molecule has 0 aromatic carbocycles. The van der Waals surface area contributed by atoms with Crippen molar-refractivity contribution in [3.8, 4) is 6.07 Å². The number of nitrogens with zero attached hydrogens (tertiary/aromatic N) is 2. The van der Waals surface area contributed by atoms with Gasteiger partial charge in [-0.1, -0.05) is 0 Å². The lowest BCUT2D eigenvalue weighted by atomic mass is 9.92. The summed E-state index contributed by atoms with van der Waals surface area (Å²) in [6.45, 7) is 3.66. The predicted molar refractivity (Wildman–Crippen MR) is 66.3 cm³/mol. The number of nitriles is 1. The molecule has 1 aliphatic heterocycles. The number of ether oxygens (including phenoxy) is 1. The Hall–Kier alpha value is -0.630. The van der Waals surface area contributed by atoms with Crippen LogP contribution in [0.15, 0.2) is 0 Å². The molecule has 2 N–H and O–H groups in total. The first-order chi connectivity index (χ1) is 8.18. The molecule has 0 amide bonds. The number of hydrogen-bond acceptors (Lipinski definition) is 4. The molecule has 2 unspecified atom stereocenters. The Balaban J connectivity index is 1.87. The van der Waals surface area contributed by atoms with E-state index in [1.54, 1.807) is 7.11 Å². The summed E-state index contributed by atoms with van der Waals surface area (Å²) >= 11 is 0. The van der Waals surface area contributed by atoms with Crippen molar-refractivity contribution in [2.45, 2.75) is 31.2 Å². The molecule has 1 heterocycles. The number of rotatable bonds is 5. The first-order valence-electron chi connectivity index (χ1n) is 6.59. The molecular weight excluding hydrogens is 214 g/mol. The third-order valence-electron chi connectivity index (χ3n) is 4.00. The van der Waals surface area contributed by atoms with Crippen LogP contribution in [-0.2, 0) is 4.74 Å². The van der Waals surface area contributed by atoms with Crippen LogP contribution in [0.25, 0.3) is 0 Å². The SMILES string of the molecule is COCC1CCCN(CC(N)(C#N)C2CC2)C1. The van der Waals surface area contributed by atoms with E-state index in [-0.39, 0.29) is 0 Å². The van der Waals surface area contributed by atoms with Crippen LogP contribution in [0.2, 0.25) is 0 Å². The van der Waals surface area contributed by atoms with Crippen LogP contribution < -0.4 is 5.73 Å². The van der Waals surface area contributed by atoms with Crippen molar-refractivity contribution in [3.63, 3.8) is 0 Å². The third kappa shape index (κ3) is 3.19. The molecule has 2 atom stereocenters. The second-order valence-electron chi connectivity index (χ2n) is 5.63. The van der Waals surface area contributed by atoms with Crippen molar-refractivity contribution in [2.24, 2.45) is 17.6 Å². The lowest BCUT2D eigenvalue weighted by Gasteiger charge is -2.36. The molecule has 2 aliphatic rings. The molecule has 0 spiro atoms. The molecule has 0 radical (unpaired) electrons. The number of hydrogen-bond donors (Lipinski definition) is 1. The summed E-state index contributed by atoms with van der Waals surface area (Å²) in [5.41, 5.74) is 5.60. The minimum Gasteiger partial charge on any atom is -0.384 e. The second-order valence-corrected chi connectivity index (χ2v) is 5.63. The molecule has 0 bridgehead atoms. The molecule has 1 saturated heterocycles. The van der Waals surface area contributed by atoms with Crippen LogP contribution in [0.5, 0.6) is 0 Å². The van der Waals surface area contributed by atoms with Crippen molar-refractivity contribution < 1.29 is 4.74 Å². The van der Waals surface area contributed by atoms with Gasteiger partial charge in [-0.05, 0) is 44.1 Å². The fraction of sp³-hybridized carbons (Fsp3) is 0.923. The zero-order chi connectivity index (χ0) is 12.3. The van der Waals surface area contributed by atoms with Gasteiger partial charge in [0.15, 0.2) is 0 Å². The van der Waals surface area contributed by atoms with Gasteiger partial charge < -0.3 is 15.4 Å². The highest BCUT2D eigenvalue weighted by atomic mass is 16.5. The minimum atomic E-state index is -0.616. The molecule has 2 fully saturated rings. The van der Waals surface area contributed by atoms with Gasteiger partial charge in [-0.2, -0.15) is 5.26 Å². The van der Waals surface area contributed by atoms with E-state index in [4.69, 9.17) is 10.5 Å². The van der Waals surface area contributed by atoms with Crippen molar-refractivity contribution in [2.75, 3.05) is 33.4 Å². The van der Waals surface area contributed by atoms with Gasteiger partial charge in [0.05, 0.1) is 12.7 Å². The predicted octanol–water partition coefficient (Wildman–Crippen LogP) is 0.976. The molecule has 4 nitrogen and oxygen atoms in total. The lowest BCUT2D eigenvalue weighted by molar-refractivity contribution is 0.0816. The third-order valence-corrected chi connectivity index (χ3v) is 4.00. The highest BCUT2D eigenvalue weighted by Crippen LogP contribution is 2.38. The average Bonchev–Trinajstić information content (AvgIpc) is 3.14. The Labute approximate surface area is 104 Å². The zero-order valence-electron chi connectivity index (χ0n) is 10.7. The Morgan fingerprint density at radius 2 is 2.24 bits per heavy atom. The normalized spacial score (nSPS) is 29.6. The van der Waals surface area contributed by atoms with E-state index in [1.165, 1.54) is 12.8 Å². The largest absolute Gasteiger partial charge is 0.384 e. The van der Waals surface area contributed by atoms with Gasteiger partial charge >= 0.3 is 0 Å². The molecule has 1 aliphatic carbocycles. The fourth-order valence-electron chi connectivity index (χ4n) is 2.89. The molecule has 17 heavy (non-hydrogen) atoms. The maximum absolute atomic E-state index is 9.27. The summed E-state index contributed by atoms with van der Waals surface area (Å²) in [6.07, 6.45) is 4.68. The first-order valence-corrected chi connectivity index (χ1v) is 6.59. The Morgan fingerprint density at radius 1 is 1.47 bits per heavy atom. The minimum absolute atomic E-state index is 0.426. The summed E-state index contributed by atoms with van der Waals surface area (Å²) in [4.78, 5) is 2.36. The summed E-state index contributed by atoms with van der Waals surface area (Å²) in [5, 5.41) is 9.27. The standard InChI is InChI=1S/C13H23N3O/c1-17-8-11-3-2-6-16(7-11)10-13(15,9-14)12-4-5-12/h11-12H,2-8,10,15H2,1H3. The van der Waals surface area contributed by atoms with Gasteiger partial charge in [0, 0.05) is 20.2 Å². The maximum Gasteiger partial charge on any atom is 0.119 e. The fourth-order valence-corrected chi connectivity index (χ4v) is 2.89. The Morgan fingerprint density at radius 3 is 2.82 bits per heavy atom. The van der Waals surface area contributed by atoms with E-state index in [0.717, 1.165) is 39.1 Å². The second kappa shape index (κ2) is 5.34. The smallest absolute Gasteiger partial charge is 0.119 e. The summed E-state index contributed by atoms with van der Waals surface area (Å²) in [7, 11) is 1.76. The van der Waals surface area contributed by atoms with E-state index in [1.807, 2.05) is 0 Å². The molecule has 1 saturated carbocycles. The van der Waals surface area contributed by atoms with Crippen LogP contribution in [0.4, 0.5) is 0 Å². The zero-order valence-corrected chi connectivity index (χ0v) is 10.7. The number of methoxy groups -OCH3 is 1. The van der Waals surface area contributed by atoms with Crippen LogP contribution in [0.3, 0.4) is 0 Å². The Kier molecular flexibility index (Phi) is 4.03.